The summed E-state index contributed by atoms with van der Waals surface area (Å²) in [6, 6.07) is 20.4. The molecule has 108 valence electrons. The van der Waals surface area contributed by atoms with Crippen molar-refractivity contribution in [2.45, 2.75) is 0 Å². The van der Waals surface area contributed by atoms with E-state index in [0.717, 1.165) is 37.6 Å². The number of thiazole rings is 1. The van der Waals surface area contributed by atoms with E-state index in [0.29, 0.717) is 0 Å². The molecule has 3 aromatic carbocycles. The van der Waals surface area contributed by atoms with Gasteiger partial charge in [-0.2, -0.15) is 0 Å². The van der Waals surface area contributed by atoms with E-state index in [9.17, 15) is 0 Å². The molecule has 0 amide bonds. The Morgan fingerprint density at radius 3 is 2.45 bits per heavy atom. The molecule has 0 fully saturated rings. The molecule has 0 aliphatic heterocycles. The fraction of sp³-hybridized carbons (Fsp3) is 0.0556. The SMILES string of the molecule is COc1cc2sc(Nc3ccccc3)nc2c2ccccc12. The maximum Gasteiger partial charge on any atom is 0.188 e. The van der Waals surface area contributed by atoms with Crippen molar-refractivity contribution >= 4 is 43.1 Å². The molecule has 0 saturated heterocycles. The van der Waals surface area contributed by atoms with Gasteiger partial charge in [0.2, 0.25) is 0 Å². The van der Waals surface area contributed by atoms with Gasteiger partial charge in [0.15, 0.2) is 5.13 Å². The number of nitrogens with zero attached hydrogens (tertiary/aromatic N) is 1. The summed E-state index contributed by atoms with van der Waals surface area (Å²) >= 11 is 1.63. The van der Waals surface area contributed by atoms with Crippen LogP contribution < -0.4 is 10.1 Å². The van der Waals surface area contributed by atoms with Crippen molar-refractivity contribution < 1.29 is 4.74 Å². The molecule has 4 aromatic rings. The monoisotopic (exact) mass is 306 g/mol. The fourth-order valence-corrected chi connectivity index (χ4v) is 3.52. The predicted octanol–water partition coefficient (Wildman–Crippen LogP) is 5.20. The average Bonchev–Trinajstić information content (AvgIpc) is 2.97. The van der Waals surface area contributed by atoms with Crippen LogP contribution in [0.3, 0.4) is 0 Å². The molecule has 0 aliphatic carbocycles. The van der Waals surface area contributed by atoms with Crippen molar-refractivity contribution in [3.05, 3.63) is 60.7 Å². The summed E-state index contributed by atoms with van der Waals surface area (Å²) in [5, 5.41) is 6.46. The van der Waals surface area contributed by atoms with E-state index in [1.807, 2.05) is 42.5 Å². The minimum absolute atomic E-state index is 0.887. The largest absolute Gasteiger partial charge is 0.496 e. The summed E-state index contributed by atoms with van der Waals surface area (Å²) in [5.41, 5.74) is 2.05. The van der Waals surface area contributed by atoms with Crippen molar-refractivity contribution in [1.82, 2.24) is 4.98 Å². The topological polar surface area (TPSA) is 34.1 Å². The third-order valence-corrected chi connectivity index (χ3v) is 4.53. The first-order valence-corrected chi connectivity index (χ1v) is 7.85. The summed E-state index contributed by atoms with van der Waals surface area (Å²) in [6.45, 7) is 0. The van der Waals surface area contributed by atoms with Gasteiger partial charge in [-0.15, -0.1) is 0 Å². The zero-order valence-electron chi connectivity index (χ0n) is 12.0. The zero-order valence-corrected chi connectivity index (χ0v) is 12.9. The first kappa shape index (κ1) is 13.1. The van der Waals surface area contributed by atoms with E-state index in [2.05, 4.69) is 23.5 Å². The third-order valence-electron chi connectivity index (χ3n) is 3.61. The number of ether oxygens (including phenoxy) is 1. The van der Waals surface area contributed by atoms with Gasteiger partial charge in [0.1, 0.15) is 5.75 Å². The van der Waals surface area contributed by atoms with Gasteiger partial charge in [0, 0.05) is 22.5 Å². The lowest BCUT2D eigenvalue weighted by molar-refractivity contribution is 0.420. The smallest absolute Gasteiger partial charge is 0.188 e. The average molecular weight is 306 g/mol. The highest BCUT2D eigenvalue weighted by Gasteiger charge is 2.11. The third kappa shape index (κ3) is 2.18. The molecule has 1 N–H and O–H groups in total. The van der Waals surface area contributed by atoms with Crippen LogP contribution in [0.5, 0.6) is 5.75 Å². The van der Waals surface area contributed by atoms with Gasteiger partial charge in [-0.1, -0.05) is 53.8 Å². The van der Waals surface area contributed by atoms with Crippen LogP contribution in [-0.4, -0.2) is 12.1 Å². The maximum absolute atomic E-state index is 5.52. The summed E-state index contributed by atoms with van der Waals surface area (Å²) in [6.07, 6.45) is 0. The molecular weight excluding hydrogens is 292 g/mol. The maximum atomic E-state index is 5.52. The molecule has 0 saturated carbocycles. The van der Waals surface area contributed by atoms with Crippen LogP contribution in [0.15, 0.2) is 60.7 Å². The highest BCUT2D eigenvalue weighted by molar-refractivity contribution is 7.22. The van der Waals surface area contributed by atoms with Crippen LogP contribution in [0.1, 0.15) is 0 Å². The number of hydrogen-bond acceptors (Lipinski definition) is 4. The number of aromatic nitrogens is 1. The van der Waals surface area contributed by atoms with Gasteiger partial charge in [-0.05, 0) is 12.1 Å². The lowest BCUT2D eigenvalue weighted by atomic mass is 10.1. The van der Waals surface area contributed by atoms with Gasteiger partial charge in [0.25, 0.3) is 0 Å². The van der Waals surface area contributed by atoms with Gasteiger partial charge in [-0.3, -0.25) is 0 Å². The van der Waals surface area contributed by atoms with Crippen LogP contribution >= 0.6 is 11.3 Å². The number of para-hydroxylation sites is 1. The van der Waals surface area contributed by atoms with Crippen LogP contribution in [-0.2, 0) is 0 Å². The molecule has 0 radical (unpaired) electrons. The van der Waals surface area contributed by atoms with Crippen LogP contribution in [0.4, 0.5) is 10.8 Å². The Morgan fingerprint density at radius 1 is 0.955 bits per heavy atom. The van der Waals surface area contributed by atoms with Crippen molar-refractivity contribution in [3.63, 3.8) is 0 Å². The molecule has 3 nitrogen and oxygen atoms in total. The number of anilines is 2. The molecule has 0 spiro atoms. The van der Waals surface area contributed by atoms with E-state index in [1.54, 1.807) is 18.4 Å². The van der Waals surface area contributed by atoms with E-state index in [-0.39, 0.29) is 0 Å². The standard InChI is InChI=1S/C18H14N2OS/c1-21-15-11-16-17(14-10-6-5-9-13(14)15)20-18(22-16)19-12-7-3-2-4-8-12/h2-11H,1H3,(H,19,20). The van der Waals surface area contributed by atoms with E-state index >= 15 is 0 Å². The molecule has 4 rings (SSSR count). The predicted molar refractivity (Wildman–Crippen MR) is 93.4 cm³/mol. The number of hydrogen-bond donors (Lipinski definition) is 1. The normalized spacial score (nSPS) is 11.0. The Kier molecular flexibility index (Phi) is 3.16. The van der Waals surface area contributed by atoms with Crippen LogP contribution in [0.25, 0.3) is 21.0 Å². The Labute approximate surface area is 132 Å². The zero-order chi connectivity index (χ0) is 14.9. The number of benzene rings is 3. The summed E-state index contributed by atoms with van der Waals surface area (Å²) in [5.74, 6) is 0.887. The van der Waals surface area contributed by atoms with Gasteiger partial charge < -0.3 is 10.1 Å². The van der Waals surface area contributed by atoms with Crippen molar-refractivity contribution in [3.8, 4) is 5.75 Å². The quantitative estimate of drug-likeness (QED) is 0.565. The number of fused-ring (bicyclic) bond motifs is 3. The highest BCUT2D eigenvalue weighted by Crippen LogP contribution is 2.37. The Bertz CT molecular complexity index is 947. The molecule has 1 heterocycles. The van der Waals surface area contributed by atoms with E-state index in [4.69, 9.17) is 9.72 Å². The molecule has 22 heavy (non-hydrogen) atoms. The first-order chi connectivity index (χ1) is 10.8. The lowest BCUT2D eigenvalue weighted by Gasteiger charge is -2.05. The Hall–Kier alpha value is -2.59. The summed E-state index contributed by atoms with van der Waals surface area (Å²) < 4.78 is 6.64. The molecular formula is C18H14N2OS. The highest BCUT2D eigenvalue weighted by atomic mass is 32.1. The van der Waals surface area contributed by atoms with Crippen LogP contribution in [0, 0.1) is 0 Å². The molecule has 4 heteroatoms. The van der Waals surface area contributed by atoms with Gasteiger partial charge >= 0.3 is 0 Å². The number of nitrogens with one attached hydrogen (secondary N) is 1. The molecule has 0 bridgehead atoms. The van der Waals surface area contributed by atoms with Crippen molar-refractivity contribution in [2.75, 3.05) is 12.4 Å². The summed E-state index contributed by atoms with van der Waals surface area (Å²) in [7, 11) is 1.71. The molecule has 0 atom stereocenters. The number of rotatable bonds is 3. The summed E-state index contributed by atoms with van der Waals surface area (Å²) in [4.78, 5) is 4.76. The second kappa shape index (κ2) is 5.31. The van der Waals surface area contributed by atoms with Gasteiger partial charge in [0.05, 0.1) is 17.3 Å². The Morgan fingerprint density at radius 2 is 1.68 bits per heavy atom. The molecule has 0 aliphatic rings. The molecule has 0 unspecified atom stereocenters. The molecule has 1 aromatic heterocycles. The van der Waals surface area contributed by atoms with Crippen molar-refractivity contribution in [1.29, 1.82) is 0 Å². The minimum atomic E-state index is 0.887. The fourth-order valence-electron chi connectivity index (χ4n) is 2.59. The lowest BCUT2D eigenvalue weighted by Crippen LogP contribution is -1.88. The van der Waals surface area contributed by atoms with Gasteiger partial charge in [-0.25, -0.2) is 4.98 Å². The second-order valence-electron chi connectivity index (χ2n) is 4.98. The van der Waals surface area contributed by atoms with E-state index < -0.39 is 0 Å². The number of methoxy groups -OCH3 is 1. The minimum Gasteiger partial charge on any atom is -0.496 e. The van der Waals surface area contributed by atoms with Crippen molar-refractivity contribution in [2.24, 2.45) is 0 Å². The Balaban J connectivity index is 1.88. The first-order valence-electron chi connectivity index (χ1n) is 7.03. The van der Waals surface area contributed by atoms with E-state index in [1.165, 1.54) is 0 Å². The second-order valence-corrected chi connectivity index (χ2v) is 6.01. The van der Waals surface area contributed by atoms with Crippen LogP contribution in [0.2, 0.25) is 0 Å².